The van der Waals surface area contributed by atoms with Gasteiger partial charge in [0.25, 0.3) is 0 Å². The number of amidine groups is 1. The fourth-order valence-corrected chi connectivity index (χ4v) is 1.48. The van der Waals surface area contributed by atoms with E-state index < -0.39 is 0 Å². The van der Waals surface area contributed by atoms with E-state index in [1.165, 1.54) is 11.8 Å². The number of hydrogen-bond donors (Lipinski definition) is 1. The molecule has 1 aliphatic heterocycles. The van der Waals surface area contributed by atoms with Gasteiger partial charge in [-0.15, -0.1) is 0 Å². The molecular formula is C6H12N2OS. The minimum Gasteiger partial charge on any atom is -0.277 e. The standard InChI is InChI=1S/C6H12N2OS/c1-5(2)9-8-3-4-10-6(8)7/h5,7H,3-4H2,1-2H3. The third-order valence-corrected chi connectivity index (χ3v) is 1.96. The molecule has 10 heavy (non-hydrogen) atoms. The minimum absolute atomic E-state index is 0.180. The quantitative estimate of drug-likeness (QED) is 0.661. The van der Waals surface area contributed by atoms with Crippen molar-refractivity contribution in [1.82, 2.24) is 5.06 Å². The van der Waals surface area contributed by atoms with Crippen LogP contribution in [0.25, 0.3) is 0 Å². The molecule has 1 fully saturated rings. The van der Waals surface area contributed by atoms with Gasteiger partial charge < -0.3 is 0 Å². The first-order chi connectivity index (χ1) is 4.70. The average Bonchev–Trinajstić information content (AvgIpc) is 2.15. The first-order valence-electron chi connectivity index (χ1n) is 3.36. The first-order valence-corrected chi connectivity index (χ1v) is 4.34. The molecule has 0 bridgehead atoms. The van der Waals surface area contributed by atoms with E-state index in [-0.39, 0.29) is 6.10 Å². The zero-order valence-corrected chi connectivity index (χ0v) is 7.07. The minimum atomic E-state index is 0.180. The van der Waals surface area contributed by atoms with Gasteiger partial charge in [-0.3, -0.25) is 10.2 Å². The molecule has 0 amide bonds. The summed E-state index contributed by atoms with van der Waals surface area (Å²) in [7, 11) is 0. The molecule has 4 heteroatoms. The van der Waals surface area contributed by atoms with E-state index >= 15 is 0 Å². The molecule has 0 aromatic rings. The van der Waals surface area contributed by atoms with Crippen molar-refractivity contribution in [3.63, 3.8) is 0 Å². The normalized spacial score (nSPS) is 19.1. The number of nitrogens with one attached hydrogen (secondary N) is 1. The largest absolute Gasteiger partial charge is 0.277 e. The summed E-state index contributed by atoms with van der Waals surface area (Å²) < 4.78 is 0. The summed E-state index contributed by atoms with van der Waals surface area (Å²) in [4.78, 5) is 5.31. The Labute approximate surface area is 65.2 Å². The Morgan fingerprint density at radius 3 is 2.80 bits per heavy atom. The first kappa shape index (κ1) is 7.88. The van der Waals surface area contributed by atoms with Gasteiger partial charge in [-0.05, 0) is 13.8 Å². The molecule has 0 atom stereocenters. The predicted octanol–water partition coefficient (Wildman–Crippen LogP) is 1.31. The lowest BCUT2D eigenvalue weighted by Gasteiger charge is -2.18. The molecule has 0 radical (unpaired) electrons. The number of hydrogen-bond acceptors (Lipinski definition) is 3. The van der Waals surface area contributed by atoms with E-state index in [0.717, 1.165) is 12.3 Å². The van der Waals surface area contributed by atoms with Crippen LogP contribution in [-0.4, -0.2) is 28.6 Å². The smallest absolute Gasteiger partial charge is 0.180 e. The highest BCUT2D eigenvalue weighted by Gasteiger charge is 2.18. The molecular weight excluding hydrogens is 148 g/mol. The monoisotopic (exact) mass is 160 g/mol. The fraction of sp³-hybridized carbons (Fsp3) is 0.833. The topological polar surface area (TPSA) is 36.3 Å². The lowest BCUT2D eigenvalue weighted by Crippen LogP contribution is -2.27. The molecule has 1 saturated heterocycles. The zero-order chi connectivity index (χ0) is 7.56. The maximum Gasteiger partial charge on any atom is 0.180 e. The van der Waals surface area contributed by atoms with Gasteiger partial charge in [-0.25, -0.2) is 5.06 Å². The van der Waals surface area contributed by atoms with Crippen LogP contribution >= 0.6 is 11.8 Å². The van der Waals surface area contributed by atoms with Gasteiger partial charge in [0.05, 0.1) is 12.6 Å². The summed E-state index contributed by atoms with van der Waals surface area (Å²) >= 11 is 1.53. The van der Waals surface area contributed by atoms with E-state index in [9.17, 15) is 0 Å². The van der Waals surface area contributed by atoms with Crippen molar-refractivity contribution in [2.45, 2.75) is 20.0 Å². The molecule has 0 spiro atoms. The second kappa shape index (κ2) is 3.25. The molecule has 1 heterocycles. The third kappa shape index (κ3) is 1.88. The number of rotatable bonds is 2. The molecule has 1 aliphatic rings. The molecule has 0 unspecified atom stereocenters. The maximum absolute atomic E-state index is 7.36. The van der Waals surface area contributed by atoms with Crippen LogP contribution in [-0.2, 0) is 4.84 Å². The Hall–Kier alpha value is -0.220. The van der Waals surface area contributed by atoms with Crippen molar-refractivity contribution in [3.05, 3.63) is 0 Å². The highest BCUT2D eigenvalue weighted by Crippen LogP contribution is 2.16. The van der Waals surface area contributed by atoms with Crippen LogP contribution in [0.4, 0.5) is 0 Å². The molecule has 0 aromatic heterocycles. The summed E-state index contributed by atoms with van der Waals surface area (Å²) in [6, 6.07) is 0. The van der Waals surface area contributed by atoms with Gasteiger partial charge in [0.15, 0.2) is 5.17 Å². The number of nitrogens with zero attached hydrogens (tertiary/aromatic N) is 1. The van der Waals surface area contributed by atoms with Crippen LogP contribution < -0.4 is 0 Å². The molecule has 1 rings (SSSR count). The van der Waals surface area contributed by atoms with Crippen molar-refractivity contribution in [2.75, 3.05) is 12.3 Å². The van der Waals surface area contributed by atoms with Crippen LogP contribution in [0.5, 0.6) is 0 Å². The molecule has 58 valence electrons. The van der Waals surface area contributed by atoms with E-state index in [4.69, 9.17) is 10.2 Å². The van der Waals surface area contributed by atoms with Gasteiger partial charge in [-0.2, -0.15) is 0 Å². The number of hydroxylamine groups is 2. The van der Waals surface area contributed by atoms with Gasteiger partial charge in [0, 0.05) is 5.75 Å². The van der Waals surface area contributed by atoms with Gasteiger partial charge >= 0.3 is 0 Å². The van der Waals surface area contributed by atoms with E-state index in [1.807, 2.05) is 13.8 Å². The van der Waals surface area contributed by atoms with Crippen molar-refractivity contribution in [2.24, 2.45) is 0 Å². The van der Waals surface area contributed by atoms with Crippen molar-refractivity contribution in [3.8, 4) is 0 Å². The summed E-state index contributed by atoms with van der Waals surface area (Å²) in [6.07, 6.45) is 0.180. The molecule has 3 nitrogen and oxygen atoms in total. The zero-order valence-electron chi connectivity index (χ0n) is 6.26. The molecule has 0 saturated carbocycles. The maximum atomic E-state index is 7.36. The van der Waals surface area contributed by atoms with E-state index in [0.29, 0.717) is 5.17 Å². The van der Waals surface area contributed by atoms with Gasteiger partial charge in [-0.1, -0.05) is 11.8 Å². The lowest BCUT2D eigenvalue weighted by molar-refractivity contribution is -0.125. The average molecular weight is 160 g/mol. The second-order valence-corrected chi connectivity index (χ2v) is 3.49. The predicted molar refractivity (Wildman–Crippen MR) is 43.1 cm³/mol. The second-order valence-electron chi connectivity index (χ2n) is 2.41. The number of thioether (sulfide) groups is 1. The van der Waals surface area contributed by atoms with Crippen molar-refractivity contribution >= 4 is 16.9 Å². The Kier molecular flexibility index (Phi) is 2.56. The lowest BCUT2D eigenvalue weighted by atomic mass is 10.5. The molecule has 1 N–H and O–H groups in total. The summed E-state index contributed by atoms with van der Waals surface area (Å²) in [6.45, 7) is 4.79. The SMILES string of the molecule is CC(C)ON1CCSC1=N. The van der Waals surface area contributed by atoms with E-state index in [1.54, 1.807) is 5.06 Å². The van der Waals surface area contributed by atoms with Crippen molar-refractivity contribution in [1.29, 1.82) is 5.41 Å². The Morgan fingerprint density at radius 1 is 1.70 bits per heavy atom. The Balaban J connectivity index is 2.33. The third-order valence-electron chi connectivity index (χ3n) is 1.10. The summed E-state index contributed by atoms with van der Waals surface area (Å²) in [5, 5.41) is 9.55. The van der Waals surface area contributed by atoms with Crippen molar-refractivity contribution < 1.29 is 4.84 Å². The van der Waals surface area contributed by atoms with E-state index in [2.05, 4.69) is 0 Å². The molecule has 0 aliphatic carbocycles. The highest BCUT2D eigenvalue weighted by atomic mass is 32.2. The van der Waals surface area contributed by atoms with Gasteiger partial charge in [0.2, 0.25) is 0 Å². The fourth-order valence-electron chi connectivity index (χ4n) is 0.754. The Morgan fingerprint density at radius 2 is 2.40 bits per heavy atom. The molecule has 0 aromatic carbocycles. The van der Waals surface area contributed by atoms with Crippen LogP contribution in [0.15, 0.2) is 0 Å². The Bertz CT molecular complexity index is 138. The van der Waals surface area contributed by atoms with Crippen LogP contribution in [0, 0.1) is 5.41 Å². The van der Waals surface area contributed by atoms with Gasteiger partial charge in [0.1, 0.15) is 0 Å². The van der Waals surface area contributed by atoms with Crippen LogP contribution in [0.2, 0.25) is 0 Å². The highest BCUT2D eigenvalue weighted by molar-refractivity contribution is 8.14. The summed E-state index contributed by atoms with van der Waals surface area (Å²) in [5.41, 5.74) is 0. The van der Waals surface area contributed by atoms with Crippen LogP contribution in [0.3, 0.4) is 0 Å². The summed E-state index contributed by atoms with van der Waals surface area (Å²) in [5.74, 6) is 0.978. The van der Waals surface area contributed by atoms with Crippen LogP contribution in [0.1, 0.15) is 13.8 Å².